The van der Waals surface area contributed by atoms with Crippen LogP contribution in [0.2, 0.25) is 10.0 Å². The number of amides is 2. The van der Waals surface area contributed by atoms with Crippen molar-refractivity contribution in [3.63, 3.8) is 0 Å². The maximum absolute atomic E-state index is 13.0. The molecular formula is C24H18Cl2N4O5. The van der Waals surface area contributed by atoms with E-state index >= 15 is 0 Å². The number of benzene rings is 2. The number of nitrogens with one attached hydrogen (secondary N) is 3. The topological polar surface area (TPSA) is 119 Å². The van der Waals surface area contributed by atoms with E-state index in [1.807, 2.05) is 0 Å². The molecular weight excluding hydrogens is 495 g/mol. The zero-order valence-corrected chi connectivity index (χ0v) is 19.6. The Morgan fingerprint density at radius 3 is 2.51 bits per heavy atom. The van der Waals surface area contributed by atoms with Gasteiger partial charge < -0.3 is 14.7 Å². The molecule has 0 radical (unpaired) electrons. The molecule has 178 valence electrons. The van der Waals surface area contributed by atoms with E-state index < -0.39 is 23.7 Å². The molecule has 0 saturated carbocycles. The van der Waals surface area contributed by atoms with Gasteiger partial charge in [0.1, 0.15) is 12.7 Å². The molecule has 9 nitrogen and oxygen atoms in total. The van der Waals surface area contributed by atoms with E-state index in [4.69, 9.17) is 23.2 Å². The number of nitrogens with zero attached hydrogens (tertiary/aromatic N) is 1. The van der Waals surface area contributed by atoms with Crippen molar-refractivity contribution in [2.24, 2.45) is 0 Å². The molecule has 0 bridgehead atoms. The Morgan fingerprint density at radius 1 is 1.03 bits per heavy atom. The molecule has 1 fully saturated rings. The van der Waals surface area contributed by atoms with E-state index in [-0.39, 0.29) is 18.7 Å². The van der Waals surface area contributed by atoms with Crippen LogP contribution in [0.1, 0.15) is 34.2 Å². The Balaban J connectivity index is 1.39. The van der Waals surface area contributed by atoms with E-state index in [1.165, 1.54) is 10.6 Å². The van der Waals surface area contributed by atoms with Crippen LogP contribution < -0.4 is 21.7 Å². The quantitative estimate of drug-likeness (QED) is 0.477. The molecule has 1 unspecified atom stereocenters. The van der Waals surface area contributed by atoms with Gasteiger partial charge in [-0.2, -0.15) is 0 Å². The summed E-state index contributed by atoms with van der Waals surface area (Å²) in [5, 5.41) is 6.12. The van der Waals surface area contributed by atoms with E-state index in [0.717, 1.165) is 5.56 Å². The smallest absolute Gasteiger partial charge is 0.351 e. The van der Waals surface area contributed by atoms with Gasteiger partial charge in [-0.1, -0.05) is 35.3 Å². The Morgan fingerprint density at radius 2 is 1.80 bits per heavy atom. The predicted octanol–water partition coefficient (Wildman–Crippen LogP) is 3.83. The maximum Gasteiger partial charge on any atom is 0.427 e. The second-order valence-electron chi connectivity index (χ2n) is 8.11. The molecule has 2 amide bonds. The van der Waals surface area contributed by atoms with Crippen molar-refractivity contribution < 1.29 is 19.2 Å². The number of hydroxylamine groups is 1. The number of carbonyl (C=O) groups excluding carboxylic acids is 3. The molecule has 2 aromatic carbocycles. The zero-order chi connectivity index (χ0) is 24.7. The normalized spacial score (nSPS) is 16.6. The average molecular weight is 513 g/mol. The van der Waals surface area contributed by atoms with Crippen LogP contribution in [0.3, 0.4) is 0 Å². The lowest BCUT2D eigenvalue weighted by Crippen LogP contribution is -2.30. The summed E-state index contributed by atoms with van der Waals surface area (Å²) in [5.74, 6) is -0.544. The van der Waals surface area contributed by atoms with Crippen LogP contribution in [0.5, 0.6) is 0 Å². The van der Waals surface area contributed by atoms with Crippen LogP contribution in [-0.2, 0) is 22.6 Å². The molecule has 1 aliphatic carbocycles. The third-order valence-electron chi connectivity index (χ3n) is 5.87. The van der Waals surface area contributed by atoms with Crippen molar-refractivity contribution >= 4 is 46.7 Å². The summed E-state index contributed by atoms with van der Waals surface area (Å²) in [6.07, 6.45) is -0.479. The van der Waals surface area contributed by atoms with Gasteiger partial charge in [0.25, 0.3) is 5.56 Å². The number of hydrogen-bond acceptors (Lipinski definition) is 6. The van der Waals surface area contributed by atoms with Crippen molar-refractivity contribution in [2.75, 3.05) is 5.32 Å². The summed E-state index contributed by atoms with van der Waals surface area (Å²) in [6, 6.07) is 12.9. The number of pyridine rings is 1. The van der Waals surface area contributed by atoms with Crippen LogP contribution >= 0.6 is 23.2 Å². The zero-order valence-electron chi connectivity index (χ0n) is 18.1. The number of rotatable bonds is 5. The fourth-order valence-corrected chi connectivity index (χ4v) is 4.65. The molecule has 2 aliphatic rings. The van der Waals surface area contributed by atoms with E-state index in [1.54, 1.807) is 42.5 Å². The van der Waals surface area contributed by atoms with Gasteiger partial charge in [-0.15, -0.1) is 5.48 Å². The minimum Gasteiger partial charge on any atom is -0.351 e. The van der Waals surface area contributed by atoms with Gasteiger partial charge in [0.2, 0.25) is 5.91 Å². The lowest BCUT2D eigenvalue weighted by atomic mass is 9.99. The molecule has 2 heterocycles. The molecule has 1 aliphatic heterocycles. The van der Waals surface area contributed by atoms with Crippen molar-refractivity contribution in [1.29, 1.82) is 0 Å². The van der Waals surface area contributed by atoms with Crippen molar-refractivity contribution in [3.8, 4) is 11.1 Å². The van der Waals surface area contributed by atoms with Gasteiger partial charge in [0.05, 0.1) is 0 Å². The Kier molecular flexibility index (Phi) is 6.06. The lowest BCUT2D eigenvalue weighted by Gasteiger charge is -2.16. The predicted molar refractivity (Wildman–Crippen MR) is 129 cm³/mol. The first-order valence-electron chi connectivity index (χ1n) is 10.7. The number of ketones is 1. The summed E-state index contributed by atoms with van der Waals surface area (Å²) in [7, 11) is 0. The first kappa shape index (κ1) is 23.1. The van der Waals surface area contributed by atoms with Crippen molar-refractivity contribution in [2.45, 2.75) is 25.6 Å². The highest BCUT2D eigenvalue weighted by Gasteiger charge is 2.29. The molecule has 35 heavy (non-hydrogen) atoms. The number of anilines is 1. The van der Waals surface area contributed by atoms with Crippen LogP contribution in [0.15, 0.2) is 53.3 Å². The van der Waals surface area contributed by atoms with Gasteiger partial charge in [-0.3, -0.25) is 19.7 Å². The Bertz CT molecular complexity index is 1440. The molecule has 5 rings (SSSR count). The summed E-state index contributed by atoms with van der Waals surface area (Å²) in [5.41, 5.74) is 5.17. The molecule has 1 saturated heterocycles. The number of halogens is 2. The highest BCUT2D eigenvalue weighted by atomic mass is 35.5. The van der Waals surface area contributed by atoms with Crippen LogP contribution in [-0.4, -0.2) is 22.4 Å². The van der Waals surface area contributed by atoms with E-state index in [9.17, 15) is 19.2 Å². The fourth-order valence-electron chi connectivity index (χ4n) is 4.26. The van der Waals surface area contributed by atoms with Gasteiger partial charge in [-0.25, -0.2) is 4.79 Å². The first-order valence-corrected chi connectivity index (χ1v) is 11.4. The molecule has 1 atom stereocenters. The molecule has 0 spiro atoms. The van der Waals surface area contributed by atoms with Crippen molar-refractivity contribution in [1.82, 2.24) is 15.4 Å². The molecule has 1 aromatic heterocycles. The van der Waals surface area contributed by atoms with Crippen LogP contribution in [0.4, 0.5) is 10.5 Å². The van der Waals surface area contributed by atoms with Crippen LogP contribution in [0.25, 0.3) is 11.1 Å². The first-order chi connectivity index (χ1) is 16.8. The minimum atomic E-state index is -0.576. The summed E-state index contributed by atoms with van der Waals surface area (Å²) >= 11 is 12.4. The Labute approximate surface area is 208 Å². The highest BCUT2D eigenvalue weighted by Crippen LogP contribution is 2.36. The van der Waals surface area contributed by atoms with Gasteiger partial charge in [0.15, 0.2) is 5.78 Å². The number of carbonyl (C=O) groups is 3. The molecule has 3 aromatic rings. The number of fused-ring (bicyclic) bond motifs is 1. The fraction of sp³-hybridized carbons (Fsp3) is 0.167. The van der Waals surface area contributed by atoms with E-state index in [0.29, 0.717) is 44.5 Å². The lowest BCUT2D eigenvalue weighted by molar-refractivity contribution is -0.116. The summed E-state index contributed by atoms with van der Waals surface area (Å²) < 4.78 is 1.32. The highest BCUT2D eigenvalue weighted by molar-refractivity contribution is 6.35. The SMILES string of the molecule is O=C(Cn1c2c(c(-c3cc(Cl)ccc3Cl)cc1=O)C(=O)CC2)Nc1ccc(C2NOC(=O)N2)cc1. The number of Topliss-reactive ketones (excluding diaryl/α,β-unsaturated/α-hetero) is 1. The third kappa shape index (κ3) is 4.53. The van der Waals surface area contributed by atoms with Crippen LogP contribution in [0, 0.1) is 0 Å². The van der Waals surface area contributed by atoms with E-state index in [2.05, 4.69) is 21.0 Å². The molecule has 11 heteroatoms. The largest absolute Gasteiger partial charge is 0.427 e. The third-order valence-corrected chi connectivity index (χ3v) is 6.43. The maximum atomic E-state index is 13.0. The average Bonchev–Trinajstić information content (AvgIpc) is 3.43. The number of aromatic nitrogens is 1. The minimum absolute atomic E-state index is 0.118. The summed E-state index contributed by atoms with van der Waals surface area (Å²) in [6.45, 7) is -0.256. The van der Waals surface area contributed by atoms with Crippen molar-refractivity contribution in [3.05, 3.63) is 85.8 Å². The Hall–Kier alpha value is -3.66. The van der Waals surface area contributed by atoms with Gasteiger partial charge in [0, 0.05) is 50.6 Å². The summed E-state index contributed by atoms with van der Waals surface area (Å²) in [4.78, 5) is 54.3. The second-order valence-corrected chi connectivity index (χ2v) is 8.95. The number of hydrogen-bond donors (Lipinski definition) is 3. The molecule has 3 N–H and O–H groups in total. The van der Waals surface area contributed by atoms with Gasteiger partial charge in [-0.05, 0) is 42.3 Å². The standard InChI is InChI=1S/C24H18Cl2N4O5/c25-13-3-6-17(26)15(9-13)16-10-21(33)30(18-7-8-19(31)22(16)18)11-20(32)27-14-4-1-12(2-5-14)23-28-24(34)35-29-23/h1-6,9-10,23,29H,7-8,11H2,(H,27,32)(H,28,34). The van der Waals surface area contributed by atoms with Gasteiger partial charge >= 0.3 is 6.09 Å². The second kappa shape index (κ2) is 9.18. The monoisotopic (exact) mass is 512 g/mol.